The van der Waals surface area contributed by atoms with Crippen molar-refractivity contribution in [2.45, 2.75) is 44.6 Å². The van der Waals surface area contributed by atoms with Gasteiger partial charge in [-0.25, -0.2) is 4.79 Å². The molecule has 0 heterocycles. The Morgan fingerprint density at radius 1 is 1.09 bits per heavy atom. The molecule has 0 fully saturated rings. The Kier molecular flexibility index (Phi) is 9.56. The second-order valence-corrected chi connectivity index (χ2v) is 8.98. The molecule has 32 heavy (non-hydrogen) atoms. The van der Waals surface area contributed by atoms with Crippen LogP contribution in [0.1, 0.15) is 49.3 Å². The van der Waals surface area contributed by atoms with Crippen LogP contribution in [-0.4, -0.2) is 43.6 Å². The number of carbonyl (C=O) groups is 2. The van der Waals surface area contributed by atoms with Gasteiger partial charge in [0.15, 0.2) is 0 Å². The number of urea groups is 1. The summed E-state index contributed by atoms with van der Waals surface area (Å²) in [7, 11) is 1.43. The van der Waals surface area contributed by atoms with E-state index in [0.717, 1.165) is 48.9 Å². The van der Waals surface area contributed by atoms with Gasteiger partial charge in [0.1, 0.15) is 0 Å². The quantitative estimate of drug-likeness (QED) is 0.342. The first kappa shape index (κ1) is 24.3. The number of nitrogens with one attached hydrogen (secondary N) is 2. The molecule has 3 rings (SSSR count). The van der Waals surface area contributed by atoms with Crippen LogP contribution in [0.15, 0.2) is 53.0 Å². The van der Waals surface area contributed by atoms with E-state index in [1.807, 2.05) is 24.3 Å². The molecule has 2 aromatic rings. The number of amides is 2. The molecular weight excluding hydrogens is 470 g/mol. The van der Waals surface area contributed by atoms with E-state index in [1.54, 1.807) is 0 Å². The Morgan fingerprint density at radius 3 is 2.62 bits per heavy atom. The van der Waals surface area contributed by atoms with Crippen LogP contribution >= 0.6 is 15.9 Å². The molecule has 2 N–H and O–H groups in total. The monoisotopic (exact) mass is 501 g/mol. The van der Waals surface area contributed by atoms with E-state index in [9.17, 15) is 9.59 Å². The molecule has 0 saturated heterocycles. The zero-order chi connectivity index (χ0) is 22.8. The molecule has 0 bridgehead atoms. The lowest BCUT2D eigenvalue weighted by Crippen LogP contribution is -2.36. The van der Waals surface area contributed by atoms with Gasteiger partial charge < -0.3 is 15.4 Å². The molecule has 2 amide bonds. The number of benzene rings is 2. The second-order valence-electron chi connectivity index (χ2n) is 8.06. The average molecular weight is 502 g/mol. The first-order valence-electron chi connectivity index (χ1n) is 11.3. The molecule has 0 radical (unpaired) electrons. The van der Waals surface area contributed by atoms with E-state index in [-0.39, 0.29) is 12.0 Å². The molecule has 1 atom stereocenters. The number of halogens is 1. The molecule has 0 spiro atoms. The summed E-state index contributed by atoms with van der Waals surface area (Å²) in [5, 5.41) is 5.80. The minimum atomic E-state index is -0.201. The van der Waals surface area contributed by atoms with Crippen molar-refractivity contribution in [2.24, 2.45) is 0 Å². The number of carbonyl (C=O) groups excluding carboxylic acids is 2. The summed E-state index contributed by atoms with van der Waals surface area (Å²) in [6, 6.07) is 16.3. The van der Waals surface area contributed by atoms with Gasteiger partial charge in [-0.1, -0.05) is 40.2 Å². The van der Waals surface area contributed by atoms with Crippen molar-refractivity contribution in [1.82, 2.24) is 10.2 Å². The van der Waals surface area contributed by atoms with Crippen molar-refractivity contribution in [2.75, 3.05) is 32.1 Å². The molecule has 172 valence electrons. The summed E-state index contributed by atoms with van der Waals surface area (Å²) in [4.78, 5) is 26.2. The van der Waals surface area contributed by atoms with E-state index in [0.29, 0.717) is 19.0 Å². The van der Waals surface area contributed by atoms with E-state index >= 15 is 0 Å². The highest BCUT2D eigenvalue weighted by Gasteiger charge is 2.25. The summed E-state index contributed by atoms with van der Waals surface area (Å²) in [5.74, 6) is -0.166. The Hall–Kier alpha value is -2.38. The molecule has 7 heteroatoms. The number of methoxy groups -OCH3 is 1. The third kappa shape index (κ3) is 7.35. The highest BCUT2D eigenvalue weighted by atomic mass is 79.9. The number of fused-ring (bicyclic) bond motifs is 1. The minimum absolute atomic E-state index is 0.166. The predicted molar refractivity (Wildman–Crippen MR) is 131 cm³/mol. The fourth-order valence-electron chi connectivity index (χ4n) is 4.25. The lowest BCUT2D eigenvalue weighted by atomic mass is 9.86. The highest BCUT2D eigenvalue weighted by molar-refractivity contribution is 9.10. The normalized spacial score (nSPS) is 15.2. The second kappa shape index (κ2) is 12.6. The van der Waals surface area contributed by atoms with Crippen LogP contribution in [-0.2, 0) is 16.0 Å². The Balaban J connectivity index is 1.52. The Labute approximate surface area is 198 Å². The number of anilines is 1. The minimum Gasteiger partial charge on any atom is -0.469 e. The standard InChI is InChI=1S/C25H32BrN3O3/c1-32-24(30)11-5-17-29(23-10-4-8-19-7-2-3-9-22(19)23)18-6-16-27-25(31)28-21-14-12-20(26)13-15-21/h2-3,7,9,12-15,23H,4-6,8,10-11,16-18H2,1H3,(H2,27,28,31)/t23-/m1/s1. The maximum Gasteiger partial charge on any atom is 0.319 e. The number of esters is 1. The summed E-state index contributed by atoms with van der Waals surface area (Å²) in [6.07, 6.45) is 5.44. The van der Waals surface area contributed by atoms with Crippen molar-refractivity contribution in [3.05, 3.63) is 64.1 Å². The van der Waals surface area contributed by atoms with Crippen LogP contribution in [0.2, 0.25) is 0 Å². The molecular formula is C25H32BrN3O3. The third-order valence-electron chi connectivity index (χ3n) is 5.84. The molecule has 1 aliphatic carbocycles. The van der Waals surface area contributed by atoms with Crippen LogP contribution < -0.4 is 10.6 Å². The molecule has 2 aromatic carbocycles. The Bertz CT molecular complexity index is 888. The summed E-state index contributed by atoms with van der Waals surface area (Å²) in [6.45, 7) is 2.28. The molecule has 0 aliphatic heterocycles. The lowest BCUT2D eigenvalue weighted by Gasteiger charge is -2.36. The van der Waals surface area contributed by atoms with E-state index in [1.165, 1.54) is 24.7 Å². The summed E-state index contributed by atoms with van der Waals surface area (Å²) in [5.41, 5.74) is 3.58. The maximum atomic E-state index is 12.2. The van der Waals surface area contributed by atoms with Crippen LogP contribution in [0, 0.1) is 0 Å². The number of rotatable bonds is 10. The van der Waals surface area contributed by atoms with Crippen LogP contribution in [0.25, 0.3) is 0 Å². The zero-order valence-corrected chi connectivity index (χ0v) is 20.2. The first-order chi connectivity index (χ1) is 15.6. The van der Waals surface area contributed by atoms with Gasteiger partial charge in [-0.2, -0.15) is 0 Å². The van der Waals surface area contributed by atoms with Crippen molar-refractivity contribution in [3.8, 4) is 0 Å². The molecule has 0 saturated carbocycles. The summed E-state index contributed by atoms with van der Waals surface area (Å²) >= 11 is 3.39. The maximum absolute atomic E-state index is 12.2. The van der Waals surface area contributed by atoms with E-state index in [2.05, 4.69) is 55.7 Å². The van der Waals surface area contributed by atoms with Gasteiger partial charge in [0, 0.05) is 35.7 Å². The van der Waals surface area contributed by atoms with Gasteiger partial charge in [-0.05, 0) is 74.0 Å². The van der Waals surface area contributed by atoms with Crippen molar-refractivity contribution >= 4 is 33.6 Å². The largest absolute Gasteiger partial charge is 0.469 e. The van der Waals surface area contributed by atoms with Gasteiger partial charge in [-0.3, -0.25) is 9.69 Å². The fourth-order valence-corrected chi connectivity index (χ4v) is 4.52. The summed E-state index contributed by atoms with van der Waals surface area (Å²) < 4.78 is 5.77. The van der Waals surface area contributed by atoms with Gasteiger partial charge in [0.05, 0.1) is 7.11 Å². The number of aryl methyl sites for hydroxylation is 1. The van der Waals surface area contributed by atoms with E-state index in [4.69, 9.17) is 4.74 Å². The van der Waals surface area contributed by atoms with Crippen LogP contribution in [0.3, 0.4) is 0 Å². The Morgan fingerprint density at radius 2 is 1.84 bits per heavy atom. The number of nitrogens with zero attached hydrogens (tertiary/aromatic N) is 1. The molecule has 0 aromatic heterocycles. The van der Waals surface area contributed by atoms with Gasteiger partial charge in [0.25, 0.3) is 0 Å². The molecule has 6 nitrogen and oxygen atoms in total. The van der Waals surface area contributed by atoms with Gasteiger partial charge in [-0.15, -0.1) is 0 Å². The smallest absolute Gasteiger partial charge is 0.319 e. The number of hydrogen-bond acceptors (Lipinski definition) is 4. The number of hydrogen-bond donors (Lipinski definition) is 2. The fraction of sp³-hybridized carbons (Fsp3) is 0.440. The molecule has 0 unspecified atom stereocenters. The van der Waals surface area contributed by atoms with Crippen LogP contribution in [0.5, 0.6) is 0 Å². The van der Waals surface area contributed by atoms with Crippen molar-refractivity contribution < 1.29 is 14.3 Å². The first-order valence-corrected chi connectivity index (χ1v) is 12.0. The predicted octanol–water partition coefficient (Wildman–Crippen LogP) is 5.29. The SMILES string of the molecule is COC(=O)CCCN(CCCNC(=O)Nc1ccc(Br)cc1)[C@@H]1CCCc2ccccc21. The van der Waals surface area contributed by atoms with Gasteiger partial charge >= 0.3 is 12.0 Å². The van der Waals surface area contributed by atoms with Crippen molar-refractivity contribution in [3.63, 3.8) is 0 Å². The zero-order valence-electron chi connectivity index (χ0n) is 18.6. The van der Waals surface area contributed by atoms with Crippen molar-refractivity contribution in [1.29, 1.82) is 0 Å². The molecule has 1 aliphatic rings. The highest BCUT2D eigenvalue weighted by Crippen LogP contribution is 2.34. The topological polar surface area (TPSA) is 70.7 Å². The van der Waals surface area contributed by atoms with Gasteiger partial charge in [0.2, 0.25) is 0 Å². The van der Waals surface area contributed by atoms with E-state index < -0.39 is 0 Å². The number of ether oxygens (including phenoxy) is 1. The average Bonchev–Trinajstić information content (AvgIpc) is 2.81. The third-order valence-corrected chi connectivity index (χ3v) is 6.37. The van der Waals surface area contributed by atoms with Crippen LogP contribution in [0.4, 0.5) is 10.5 Å². The lowest BCUT2D eigenvalue weighted by molar-refractivity contribution is -0.140.